The zero-order valence-corrected chi connectivity index (χ0v) is 15.4. The van der Waals surface area contributed by atoms with E-state index in [-0.39, 0.29) is 16.8 Å². The summed E-state index contributed by atoms with van der Waals surface area (Å²) in [6, 6.07) is 7.64. The summed E-state index contributed by atoms with van der Waals surface area (Å²) < 4.78 is 10.5. The van der Waals surface area contributed by atoms with E-state index in [1.54, 1.807) is 6.07 Å². The second kappa shape index (κ2) is 7.18. The molecule has 1 heterocycles. The SMILES string of the molecule is COc1cc2c(cc1OC)[C@H](C(=O)O)[C@@H](c1cccc([N+](=O)[O-])c1)N(C)C2=O. The Hall–Kier alpha value is -3.62. The number of nitrogens with zero attached hydrogens (tertiary/aromatic N) is 2. The molecule has 0 aliphatic carbocycles. The van der Waals surface area contributed by atoms with Gasteiger partial charge in [-0.1, -0.05) is 12.1 Å². The molecule has 0 fully saturated rings. The molecule has 1 aliphatic rings. The molecule has 3 rings (SSSR count). The highest BCUT2D eigenvalue weighted by atomic mass is 16.6. The van der Waals surface area contributed by atoms with Crippen LogP contribution < -0.4 is 9.47 Å². The van der Waals surface area contributed by atoms with Crippen LogP contribution in [0.3, 0.4) is 0 Å². The molecule has 28 heavy (non-hydrogen) atoms. The number of carboxylic acids is 1. The Morgan fingerprint density at radius 2 is 1.82 bits per heavy atom. The van der Waals surface area contributed by atoms with Gasteiger partial charge < -0.3 is 19.5 Å². The molecular formula is C19H18N2O7. The predicted octanol–water partition coefficient (Wildman–Crippen LogP) is 2.61. The summed E-state index contributed by atoms with van der Waals surface area (Å²) in [6.45, 7) is 0. The van der Waals surface area contributed by atoms with E-state index in [2.05, 4.69) is 0 Å². The molecule has 0 bridgehead atoms. The van der Waals surface area contributed by atoms with Gasteiger partial charge in [0.05, 0.1) is 25.2 Å². The minimum atomic E-state index is -1.16. The minimum Gasteiger partial charge on any atom is -0.493 e. The number of amides is 1. The average Bonchev–Trinajstić information content (AvgIpc) is 2.69. The number of hydrogen-bond acceptors (Lipinski definition) is 6. The van der Waals surface area contributed by atoms with Gasteiger partial charge in [0, 0.05) is 24.7 Å². The zero-order valence-electron chi connectivity index (χ0n) is 15.4. The zero-order chi connectivity index (χ0) is 20.6. The van der Waals surface area contributed by atoms with E-state index < -0.39 is 28.8 Å². The number of ether oxygens (including phenoxy) is 2. The first-order chi connectivity index (χ1) is 13.3. The molecule has 2 aromatic rings. The van der Waals surface area contributed by atoms with Crippen molar-refractivity contribution in [2.24, 2.45) is 0 Å². The van der Waals surface area contributed by atoms with E-state index in [1.807, 2.05) is 0 Å². The predicted molar refractivity (Wildman–Crippen MR) is 97.9 cm³/mol. The number of nitro groups is 1. The van der Waals surface area contributed by atoms with Crippen LogP contribution in [0.5, 0.6) is 11.5 Å². The Morgan fingerprint density at radius 1 is 1.18 bits per heavy atom. The van der Waals surface area contributed by atoms with Crippen molar-refractivity contribution in [2.75, 3.05) is 21.3 Å². The summed E-state index contributed by atoms with van der Waals surface area (Å²) >= 11 is 0. The van der Waals surface area contributed by atoms with Gasteiger partial charge in [-0.05, 0) is 23.3 Å². The van der Waals surface area contributed by atoms with Crippen LogP contribution in [0.2, 0.25) is 0 Å². The molecule has 0 spiro atoms. The fourth-order valence-corrected chi connectivity index (χ4v) is 3.55. The molecular weight excluding hydrogens is 368 g/mol. The van der Waals surface area contributed by atoms with Gasteiger partial charge >= 0.3 is 5.97 Å². The molecule has 0 unspecified atom stereocenters. The van der Waals surface area contributed by atoms with Gasteiger partial charge in [0.25, 0.3) is 11.6 Å². The van der Waals surface area contributed by atoms with Crippen LogP contribution in [0.15, 0.2) is 36.4 Å². The number of hydrogen-bond donors (Lipinski definition) is 1. The number of carboxylic acid groups (broad SMARTS) is 1. The molecule has 1 N–H and O–H groups in total. The number of carbonyl (C=O) groups is 2. The molecule has 9 nitrogen and oxygen atoms in total. The highest BCUT2D eigenvalue weighted by Gasteiger charge is 2.44. The lowest BCUT2D eigenvalue weighted by molar-refractivity contribution is -0.385. The second-order valence-electron chi connectivity index (χ2n) is 6.32. The second-order valence-corrected chi connectivity index (χ2v) is 6.32. The molecule has 146 valence electrons. The Bertz CT molecular complexity index is 973. The number of aliphatic carboxylic acids is 1. The number of nitro benzene ring substituents is 1. The first kappa shape index (κ1) is 19.2. The third-order valence-electron chi connectivity index (χ3n) is 4.86. The van der Waals surface area contributed by atoms with Crippen molar-refractivity contribution in [3.63, 3.8) is 0 Å². The third kappa shape index (κ3) is 3.00. The number of carbonyl (C=O) groups excluding carboxylic acids is 1. The number of fused-ring (bicyclic) bond motifs is 1. The molecule has 1 aliphatic heterocycles. The number of non-ortho nitro benzene ring substituents is 1. The highest BCUT2D eigenvalue weighted by molar-refractivity contribution is 6.01. The van der Waals surface area contributed by atoms with E-state index in [0.29, 0.717) is 17.1 Å². The van der Waals surface area contributed by atoms with Crippen molar-refractivity contribution < 1.29 is 29.1 Å². The summed E-state index contributed by atoms with van der Waals surface area (Å²) in [4.78, 5) is 37.0. The van der Waals surface area contributed by atoms with E-state index in [4.69, 9.17) is 9.47 Å². The largest absolute Gasteiger partial charge is 0.493 e. The molecule has 0 saturated carbocycles. The molecule has 0 saturated heterocycles. The number of rotatable bonds is 5. The van der Waals surface area contributed by atoms with Crippen LogP contribution in [0.25, 0.3) is 0 Å². The van der Waals surface area contributed by atoms with E-state index in [9.17, 15) is 24.8 Å². The quantitative estimate of drug-likeness (QED) is 0.619. The average molecular weight is 386 g/mol. The molecule has 9 heteroatoms. The Labute approximate surface area is 160 Å². The lowest BCUT2D eigenvalue weighted by atomic mass is 9.79. The van der Waals surface area contributed by atoms with Gasteiger partial charge in [-0.15, -0.1) is 0 Å². The molecule has 0 radical (unpaired) electrons. The molecule has 2 aromatic carbocycles. The van der Waals surface area contributed by atoms with E-state index in [1.165, 1.54) is 56.5 Å². The van der Waals surface area contributed by atoms with Gasteiger partial charge in [-0.3, -0.25) is 19.7 Å². The first-order valence-electron chi connectivity index (χ1n) is 8.30. The Kier molecular flexibility index (Phi) is 4.91. The number of benzene rings is 2. The van der Waals surface area contributed by atoms with Gasteiger partial charge in [-0.2, -0.15) is 0 Å². The summed E-state index contributed by atoms with van der Waals surface area (Å²) in [5.74, 6) is -2.11. The van der Waals surface area contributed by atoms with Crippen molar-refractivity contribution in [3.8, 4) is 11.5 Å². The number of likely N-dealkylation sites (N-methyl/N-ethyl adjacent to an activating group) is 1. The Morgan fingerprint density at radius 3 is 2.39 bits per heavy atom. The van der Waals surface area contributed by atoms with Crippen molar-refractivity contribution in [2.45, 2.75) is 12.0 Å². The van der Waals surface area contributed by atoms with Crippen LogP contribution >= 0.6 is 0 Å². The van der Waals surface area contributed by atoms with Gasteiger partial charge in [0.1, 0.15) is 5.92 Å². The molecule has 1 amide bonds. The summed E-state index contributed by atoms with van der Waals surface area (Å²) in [5.41, 5.74) is 0.637. The van der Waals surface area contributed by atoms with Crippen molar-refractivity contribution in [3.05, 3.63) is 63.2 Å². The van der Waals surface area contributed by atoms with Crippen LogP contribution in [-0.2, 0) is 4.79 Å². The molecule has 0 aromatic heterocycles. The maximum atomic E-state index is 13.0. The summed E-state index contributed by atoms with van der Waals surface area (Å²) in [5, 5.41) is 21.1. The molecule has 2 atom stereocenters. The van der Waals surface area contributed by atoms with Gasteiger partial charge in [-0.25, -0.2) is 0 Å². The third-order valence-corrected chi connectivity index (χ3v) is 4.86. The standard InChI is InChI=1S/C19H18N2O7/c1-20-17(10-5-4-6-11(7-10)21(25)26)16(19(23)24)12-8-14(27-2)15(28-3)9-13(12)18(20)22/h4-9,16-17H,1-3H3,(H,23,24)/t16-,17+/m0/s1. The maximum absolute atomic E-state index is 13.0. The van der Waals surface area contributed by atoms with E-state index >= 15 is 0 Å². The first-order valence-corrected chi connectivity index (χ1v) is 8.30. The van der Waals surface area contributed by atoms with Gasteiger partial charge in [0.2, 0.25) is 0 Å². The maximum Gasteiger partial charge on any atom is 0.313 e. The van der Waals surface area contributed by atoms with Gasteiger partial charge in [0.15, 0.2) is 11.5 Å². The minimum absolute atomic E-state index is 0.180. The van der Waals surface area contributed by atoms with Crippen LogP contribution in [0.1, 0.15) is 33.4 Å². The van der Waals surface area contributed by atoms with Crippen molar-refractivity contribution in [1.82, 2.24) is 4.90 Å². The van der Waals surface area contributed by atoms with E-state index in [0.717, 1.165) is 0 Å². The monoisotopic (exact) mass is 386 g/mol. The van der Waals surface area contributed by atoms with Crippen LogP contribution in [-0.4, -0.2) is 48.1 Å². The lowest BCUT2D eigenvalue weighted by Gasteiger charge is -2.38. The summed E-state index contributed by atoms with van der Waals surface area (Å²) in [6.07, 6.45) is 0. The topological polar surface area (TPSA) is 119 Å². The van der Waals surface area contributed by atoms with Crippen LogP contribution in [0.4, 0.5) is 5.69 Å². The summed E-state index contributed by atoms with van der Waals surface area (Å²) in [7, 11) is 4.30. The normalized spacial score (nSPS) is 18.4. The fraction of sp³-hybridized carbons (Fsp3) is 0.263. The highest BCUT2D eigenvalue weighted by Crippen LogP contribution is 2.45. The Balaban J connectivity index is 2.24. The number of methoxy groups -OCH3 is 2. The van der Waals surface area contributed by atoms with Crippen molar-refractivity contribution in [1.29, 1.82) is 0 Å². The van der Waals surface area contributed by atoms with Crippen molar-refractivity contribution >= 4 is 17.6 Å². The smallest absolute Gasteiger partial charge is 0.313 e. The van der Waals surface area contributed by atoms with Crippen LogP contribution in [0, 0.1) is 10.1 Å². The lowest BCUT2D eigenvalue weighted by Crippen LogP contribution is -2.42. The fourth-order valence-electron chi connectivity index (χ4n) is 3.55.